The third kappa shape index (κ3) is 20.3. The fraction of sp³-hybridized carbons (Fsp3) is 0.914. The lowest BCUT2D eigenvalue weighted by Crippen LogP contribution is -2.71. The van der Waals surface area contributed by atoms with E-state index in [2.05, 4.69) is 26.6 Å². The number of ether oxygens (including phenoxy) is 14. The average Bonchev–Trinajstić information content (AvgIpc) is 0.758. The number of hydrogen-bond acceptors (Lipinski definition) is 41. The maximum absolute atomic E-state index is 13.3. The molecule has 46 nitrogen and oxygen atoms in total. The Morgan fingerprint density at radius 3 is 1.10 bits per heavy atom. The maximum Gasteiger partial charge on any atom is 0.217 e. The van der Waals surface area contributed by atoms with Gasteiger partial charge in [-0.2, -0.15) is 0 Å². The fourth-order valence-electron chi connectivity index (χ4n) is 13.0. The number of carbonyl (C=O) groups is 5. The van der Waals surface area contributed by atoms with Crippen LogP contribution < -0.4 is 26.6 Å². The molecule has 7 fully saturated rings. The van der Waals surface area contributed by atoms with E-state index in [0.717, 1.165) is 34.6 Å². The molecular weight excluding hydrogens is 1420 g/mol. The monoisotopic (exact) mass is 1520 g/mol. The van der Waals surface area contributed by atoms with Gasteiger partial charge in [0.05, 0.1) is 65.5 Å². The molecule has 0 aromatic rings. The Kier molecular flexibility index (Phi) is 32.7. The largest absolute Gasteiger partial charge is 0.394 e. The van der Waals surface area contributed by atoms with E-state index in [4.69, 9.17) is 66.3 Å². The van der Waals surface area contributed by atoms with Crippen LogP contribution >= 0.6 is 0 Å². The van der Waals surface area contributed by atoms with Crippen LogP contribution in [-0.4, -0.2) is 440 Å². The van der Waals surface area contributed by atoms with E-state index in [1.165, 1.54) is 0 Å². The zero-order valence-electron chi connectivity index (χ0n) is 56.5. The van der Waals surface area contributed by atoms with Crippen LogP contribution in [0.1, 0.15) is 34.6 Å². The molecule has 0 bridgehead atoms. The summed E-state index contributed by atoms with van der Waals surface area (Å²) in [4.78, 5) is 63.6. The lowest BCUT2D eigenvalue weighted by Gasteiger charge is -2.51. The molecular formula is C58H99N5O41. The molecule has 0 saturated carbocycles. The predicted octanol–water partition coefficient (Wildman–Crippen LogP) is -18.1. The first-order valence-corrected chi connectivity index (χ1v) is 33.0. The van der Waals surface area contributed by atoms with Crippen molar-refractivity contribution in [1.29, 1.82) is 0 Å². The second-order valence-electron chi connectivity index (χ2n) is 25.9. The van der Waals surface area contributed by atoms with Crippen LogP contribution in [-0.2, 0) is 90.3 Å². The highest BCUT2D eigenvalue weighted by molar-refractivity contribution is 5.75. The van der Waals surface area contributed by atoms with Gasteiger partial charge in [-0.15, -0.1) is 0 Å². The van der Waals surface area contributed by atoms with Crippen LogP contribution in [0.2, 0.25) is 0 Å². The minimum atomic E-state index is -2.51. The average molecular weight is 1520 g/mol. The van der Waals surface area contributed by atoms with Gasteiger partial charge in [0.15, 0.2) is 44.0 Å². The molecule has 0 spiro atoms. The number of nitrogens with one attached hydrogen (secondary N) is 5. The SMILES string of the molecule is CC(=O)N[C@H]1[C@H](OC[C@H]2O[C@@H](O[C@H]3[C@H](O)[C@@H](NC(C)=O)[C@H](O[C@@H]([C@@H](O)[C@H](O)CO)[C@H](CO)NC(C)=O)O[C@@H]3CO)[C@H](O)[C@@H](O[C@@H]3O[C@H](CO)[C@@H](O)[C@H](O[C@@H]4O[C@H](CO)[C@H](O)[C@H](O[C@H]5O[C@H](CO)[C@H](O)[C@H](O)[C@H]5NC(C)=O)[C@H]4O)[C@H]3NC(C)=O)[C@H]2O)O[C@H](CO)[C@@H](O[C@@H]2O[C@H](CO)[C@H](O)[C@H](O)[C@H]2O)[C@@H]1O. The standard InChI is InChI=1S/C58H99N5O41/c1-15(72)59-20(6-64)46(33(78)21(77)7-65)99-54-31(62-18(4)75)41(86)48(27(13-71)97-54)101-58-45(90)51(38(83)28(98-58)14-91-52-30(61-17(3)74)40(85)47(26(12-70)96-52)100-56-43(88)42(87)35(80)23(9-67)94-56)104-55-32(63-19(5)76)49(36(81)24(10-68)93-55)102-57-44(89)50(37(82)25(11-69)95-57)103-53-29(60-16(2)73)39(84)34(79)22(8-66)92-53/h20-58,64-71,77-90H,6-14H2,1-5H3,(H,59,72)(H,60,73)(H,61,74)(H,62,75)(H,63,76)/t20-,21+,22+,23+,24+,25+,26+,27+,28+,29+,30+,31+,32+,33-,34-,35-,36+,37-,38-,39+,40+,41+,42-,43+,44+,45+,46+,47+,48+,49+,50-,51-,52+,53+,54-,55-,56-,57-,58-/m0/s1. The van der Waals surface area contributed by atoms with Crippen molar-refractivity contribution in [2.75, 3.05) is 59.5 Å². The van der Waals surface area contributed by atoms with Gasteiger partial charge in [-0.05, 0) is 0 Å². The van der Waals surface area contributed by atoms with Crippen LogP contribution in [0.5, 0.6) is 0 Å². The lowest BCUT2D eigenvalue weighted by atomic mass is 9.93. The molecule has 7 aliphatic rings. The Labute approximate surface area is 590 Å². The Morgan fingerprint density at radius 1 is 0.327 bits per heavy atom. The topological polar surface area (TPSA) is 720 Å². The van der Waals surface area contributed by atoms with Gasteiger partial charge in [0.2, 0.25) is 29.5 Å². The minimum Gasteiger partial charge on any atom is -0.394 e. The van der Waals surface area contributed by atoms with Gasteiger partial charge in [-0.25, -0.2) is 0 Å². The van der Waals surface area contributed by atoms with Crippen molar-refractivity contribution in [2.24, 2.45) is 0 Å². The van der Waals surface area contributed by atoms with Gasteiger partial charge < -0.3 is 205 Å². The van der Waals surface area contributed by atoms with E-state index in [0.29, 0.717) is 0 Å². The first-order chi connectivity index (χ1) is 49.1. The summed E-state index contributed by atoms with van der Waals surface area (Å²) in [5.41, 5.74) is 0. The van der Waals surface area contributed by atoms with Crippen molar-refractivity contribution >= 4 is 29.5 Å². The molecule has 7 saturated heterocycles. The second kappa shape index (κ2) is 39.0. The Morgan fingerprint density at radius 2 is 0.663 bits per heavy atom. The van der Waals surface area contributed by atoms with Gasteiger partial charge in [-0.3, -0.25) is 24.0 Å². The third-order valence-corrected chi connectivity index (χ3v) is 18.3. The van der Waals surface area contributed by atoms with Crippen molar-refractivity contribution in [1.82, 2.24) is 26.6 Å². The van der Waals surface area contributed by atoms with Gasteiger partial charge in [0.1, 0.15) is 189 Å². The Bertz CT molecular complexity index is 2710. The van der Waals surface area contributed by atoms with Crippen molar-refractivity contribution in [3.05, 3.63) is 0 Å². The molecule has 104 heavy (non-hydrogen) atoms. The summed E-state index contributed by atoms with van der Waals surface area (Å²) in [6.07, 6.45) is -69.7. The highest BCUT2D eigenvalue weighted by Gasteiger charge is 2.60. The van der Waals surface area contributed by atoms with Crippen molar-refractivity contribution in [3.8, 4) is 0 Å². The molecule has 27 N–H and O–H groups in total. The molecule has 46 heteroatoms. The zero-order valence-corrected chi connectivity index (χ0v) is 56.5. The number of amides is 5. The summed E-state index contributed by atoms with van der Waals surface area (Å²) < 4.78 is 83.1. The molecule has 7 rings (SSSR count). The zero-order chi connectivity index (χ0) is 77.2. The van der Waals surface area contributed by atoms with Crippen LogP contribution in [0, 0.1) is 0 Å². The second-order valence-corrected chi connectivity index (χ2v) is 25.9. The van der Waals surface area contributed by atoms with E-state index in [1.54, 1.807) is 0 Å². The summed E-state index contributed by atoms with van der Waals surface area (Å²) in [6, 6.07) is -9.10. The first-order valence-electron chi connectivity index (χ1n) is 33.0. The minimum absolute atomic E-state index is 0.815. The van der Waals surface area contributed by atoms with Gasteiger partial charge in [0, 0.05) is 34.6 Å². The highest BCUT2D eigenvalue weighted by Crippen LogP contribution is 2.38. The number of hydrogen-bond donors (Lipinski definition) is 27. The quantitative estimate of drug-likeness (QED) is 0.0306. The van der Waals surface area contributed by atoms with Gasteiger partial charge in [0.25, 0.3) is 0 Å². The number of aliphatic hydroxyl groups excluding tert-OH is 22. The molecule has 602 valence electrons. The molecule has 7 heterocycles. The molecule has 0 aliphatic carbocycles. The highest BCUT2D eigenvalue weighted by atomic mass is 16.8. The molecule has 0 unspecified atom stereocenters. The Hall–Kier alpha value is -4.09. The summed E-state index contributed by atoms with van der Waals surface area (Å²) >= 11 is 0. The molecule has 0 aromatic carbocycles. The molecule has 0 radical (unpaired) electrons. The van der Waals surface area contributed by atoms with Gasteiger partial charge in [-0.1, -0.05) is 0 Å². The summed E-state index contributed by atoms with van der Waals surface area (Å²) in [5, 5.41) is 254. The fourth-order valence-corrected chi connectivity index (χ4v) is 13.0. The number of rotatable bonds is 31. The lowest BCUT2D eigenvalue weighted by molar-refractivity contribution is -0.385. The van der Waals surface area contributed by atoms with E-state index < -0.39 is 328 Å². The maximum atomic E-state index is 13.3. The summed E-state index contributed by atoms with van der Waals surface area (Å²) in [5.74, 6) is -4.48. The molecule has 5 amide bonds. The van der Waals surface area contributed by atoms with Crippen LogP contribution in [0.25, 0.3) is 0 Å². The van der Waals surface area contributed by atoms with Crippen LogP contribution in [0.3, 0.4) is 0 Å². The van der Waals surface area contributed by atoms with Crippen LogP contribution in [0.15, 0.2) is 0 Å². The van der Waals surface area contributed by atoms with E-state index in [9.17, 15) is 136 Å². The molecule has 7 aliphatic heterocycles. The Balaban J connectivity index is 1.25. The van der Waals surface area contributed by atoms with Crippen molar-refractivity contribution in [3.63, 3.8) is 0 Å². The van der Waals surface area contributed by atoms with Crippen LogP contribution in [0.4, 0.5) is 0 Å². The summed E-state index contributed by atoms with van der Waals surface area (Å²) in [7, 11) is 0. The van der Waals surface area contributed by atoms with Gasteiger partial charge >= 0.3 is 0 Å². The summed E-state index contributed by atoms with van der Waals surface area (Å²) in [6.45, 7) is -4.85. The van der Waals surface area contributed by atoms with E-state index in [-0.39, 0.29) is 0 Å². The molecule has 39 atom stereocenters. The predicted molar refractivity (Wildman–Crippen MR) is 325 cm³/mol. The number of aliphatic hydroxyl groups is 22. The van der Waals surface area contributed by atoms with Crippen molar-refractivity contribution < 1.29 is 203 Å². The third-order valence-electron chi connectivity index (χ3n) is 18.3. The number of carbonyl (C=O) groups excluding carboxylic acids is 5. The van der Waals surface area contributed by atoms with E-state index in [1.807, 2.05) is 0 Å². The van der Waals surface area contributed by atoms with Crippen molar-refractivity contribution in [2.45, 2.75) is 274 Å². The smallest absolute Gasteiger partial charge is 0.217 e. The first kappa shape index (κ1) is 87.1. The van der Waals surface area contributed by atoms with E-state index >= 15 is 0 Å². The normalized spacial score (nSPS) is 44.0. The molecule has 0 aromatic heterocycles.